The Bertz CT molecular complexity index is 1510. The lowest BCUT2D eigenvalue weighted by Gasteiger charge is -2.41. The number of Topliss-reactive ketones (excluding diaryl/α,β-unsaturated/α-hetero) is 1. The molecule has 0 aromatic heterocycles. The number of hydrogen-bond acceptors (Lipinski definition) is 6. The Labute approximate surface area is 222 Å². The predicted molar refractivity (Wildman–Crippen MR) is 134 cm³/mol. The molecule has 0 bridgehead atoms. The number of imide groups is 1. The number of nitrogens with zero attached hydrogens (tertiary/aromatic N) is 3. The number of rotatable bonds is 6. The number of benzene rings is 2. The van der Waals surface area contributed by atoms with Crippen LogP contribution in [-0.2, 0) is 20.8 Å². The third kappa shape index (κ3) is 5.51. The summed E-state index contributed by atoms with van der Waals surface area (Å²) in [6.07, 6.45) is -4.66. The molecule has 1 atom stereocenters. The number of ketones is 1. The molecular weight excluding hydrogens is 537 g/mol. The molecular formula is C26H23F3N4O5S. The highest BCUT2D eigenvalue weighted by molar-refractivity contribution is 7.91. The Morgan fingerprint density at radius 2 is 1.82 bits per heavy atom. The number of carbonyl (C=O) groups excluding carboxylic acids is 3. The number of nitriles is 1. The number of nitrogens with one attached hydrogen (secondary N) is 1. The maximum absolute atomic E-state index is 13.9. The van der Waals surface area contributed by atoms with Crippen LogP contribution in [0, 0.1) is 11.3 Å². The van der Waals surface area contributed by atoms with Crippen LogP contribution in [0.2, 0.25) is 0 Å². The van der Waals surface area contributed by atoms with Gasteiger partial charge in [0.15, 0.2) is 15.6 Å². The molecule has 1 unspecified atom stereocenters. The van der Waals surface area contributed by atoms with Gasteiger partial charge in [-0.1, -0.05) is 25.1 Å². The fourth-order valence-corrected chi connectivity index (χ4v) is 5.26. The summed E-state index contributed by atoms with van der Waals surface area (Å²) >= 11 is 0. The number of urea groups is 2. The van der Waals surface area contributed by atoms with E-state index in [-0.39, 0.29) is 42.1 Å². The molecule has 204 valence electrons. The number of allylic oxidation sites excluding steroid dienone is 1. The van der Waals surface area contributed by atoms with E-state index in [1.807, 2.05) is 6.07 Å². The van der Waals surface area contributed by atoms with Gasteiger partial charge < -0.3 is 5.32 Å². The van der Waals surface area contributed by atoms with Gasteiger partial charge in [0.05, 0.1) is 34.7 Å². The van der Waals surface area contributed by atoms with Crippen molar-refractivity contribution < 1.29 is 36.0 Å². The molecule has 0 fully saturated rings. The molecule has 1 heterocycles. The first-order chi connectivity index (χ1) is 18.4. The van der Waals surface area contributed by atoms with Crippen LogP contribution in [0.25, 0.3) is 0 Å². The van der Waals surface area contributed by atoms with E-state index < -0.39 is 51.2 Å². The van der Waals surface area contributed by atoms with Crippen LogP contribution >= 0.6 is 0 Å². The summed E-state index contributed by atoms with van der Waals surface area (Å²) in [7, 11) is -3.46. The average Bonchev–Trinajstić information content (AvgIpc) is 3.28. The van der Waals surface area contributed by atoms with Crippen molar-refractivity contribution in [2.45, 2.75) is 32.0 Å². The van der Waals surface area contributed by atoms with Gasteiger partial charge in [0, 0.05) is 30.0 Å². The van der Waals surface area contributed by atoms with Gasteiger partial charge in [0.2, 0.25) is 0 Å². The van der Waals surface area contributed by atoms with Crippen LogP contribution in [0.5, 0.6) is 0 Å². The molecule has 1 aliphatic heterocycles. The summed E-state index contributed by atoms with van der Waals surface area (Å²) in [4.78, 5) is 42.0. The molecule has 4 rings (SSSR count). The van der Waals surface area contributed by atoms with Gasteiger partial charge >= 0.3 is 18.2 Å². The van der Waals surface area contributed by atoms with E-state index in [4.69, 9.17) is 5.26 Å². The fourth-order valence-electron chi connectivity index (χ4n) is 4.56. The Kier molecular flexibility index (Phi) is 7.52. The van der Waals surface area contributed by atoms with Crippen LogP contribution in [0.4, 0.5) is 28.4 Å². The SMILES string of the molecule is CCS(=O)(=O)CCNC(=O)N1C(=O)N(c2cccc(C(F)(F)F)c2)C2=C(C(=O)CC2)C1c1ccc(C#N)cc1. The van der Waals surface area contributed by atoms with Gasteiger partial charge in [-0.05, 0) is 42.3 Å². The van der Waals surface area contributed by atoms with E-state index in [0.29, 0.717) is 16.0 Å². The molecule has 1 N–H and O–H groups in total. The lowest BCUT2D eigenvalue weighted by atomic mass is 9.92. The molecule has 0 spiro atoms. The molecule has 13 heteroatoms. The maximum Gasteiger partial charge on any atom is 0.416 e. The van der Waals surface area contributed by atoms with Crippen molar-refractivity contribution in [3.8, 4) is 6.07 Å². The second kappa shape index (κ2) is 10.5. The monoisotopic (exact) mass is 560 g/mol. The molecule has 2 aromatic carbocycles. The van der Waals surface area contributed by atoms with Gasteiger partial charge in [-0.2, -0.15) is 18.4 Å². The molecule has 0 radical (unpaired) electrons. The van der Waals surface area contributed by atoms with Crippen LogP contribution in [0.1, 0.15) is 42.5 Å². The molecule has 39 heavy (non-hydrogen) atoms. The predicted octanol–water partition coefficient (Wildman–Crippen LogP) is 4.32. The Balaban J connectivity index is 1.84. The third-order valence-electron chi connectivity index (χ3n) is 6.53. The van der Waals surface area contributed by atoms with Crippen molar-refractivity contribution in [3.63, 3.8) is 0 Å². The first-order valence-corrected chi connectivity index (χ1v) is 13.7. The first-order valence-electron chi connectivity index (χ1n) is 11.9. The number of amides is 4. The molecule has 1 aliphatic carbocycles. The number of hydrogen-bond donors (Lipinski definition) is 1. The van der Waals surface area contributed by atoms with Crippen molar-refractivity contribution in [1.29, 1.82) is 5.26 Å². The highest BCUT2D eigenvalue weighted by Gasteiger charge is 2.48. The largest absolute Gasteiger partial charge is 0.416 e. The normalized spacial score (nSPS) is 17.8. The lowest BCUT2D eigenvalue weighted by molar-refractivity contribution is -0.137. The summed E-state index contributed by atoms with van der Waals surface area (Å²) in [6, 6.07) is 8.53. The topological polar surface area (TPSA) is 128 Å². The molecule has 0 saturated carbocycles. The van der Waals surface area contributed by atoms with Gasteiger partial charge in [0.25, 0.3) is 0 Å². The minimum absolute atomic E-state index is 0.0234. The second-order valence-corrected chi connectivity index (χ2v) is 11.4. The summed E-state index contributed by atoms with van der Waals surface area (Å²) < 4.78 is 64.2. The van der Waals surface area contributed by atoms with Crippen molar-refractivity contribution in [1.82, 2.24) is 10.2 Å². The highest BCUT2D eigenvalue weighted by Crippen LogP contribution is 2.45. The number of carbonyl (C=O) groups is 3. The van der Waals surface area contributed by atoms with Crippen molar-refractivity contribution >= 4 is 33.4 Å². The van der Waals surface area contributed by atoms with E-state index in [1.54, 1.807) is 0 Å². The van der Waals surface area contributed by atoms with Gasteiger partial charge in [-0.25, -0.2) is 22.9 Å². The zero-order chi connectivity index (χ0) is 28.5. The zero-order valence-electron chi connectivity index (χ0n) is 20.7. The van der Waals surface area contributed by atoms with Crippen LogP contribution in [-0.4, -0.2) is 49.2 Å². The van der Waals surface area contributed by atoms with Crippen molar-refractivity contribution in [2.75, 3.05) is 23.0 Å². The molecule has 0 saturated heterocycles. The number of halogens is 3. The smallest absolute Gasteiger partial charge is 0.337 e. The lowest BCUT2D eigenvalue weighted by Crippen LogP contribution is -2.55. The number of anilines is 1. The second-order valence-electron chi connectivity index (χ2n) is 8.92. The minimum Gasteiger partial charge on any atom is -0.337 e. The van der Waals surface area contributed by atoms with Gasteiger partial charge in [0.1, 0.15) is 0 Å². The van der Waals surface area contributed by atoms with Gasteiger partial charge in [-0.15, -0.1) is 0 Å². The van der Waals surface area contributed by atoms with Crippen molar-refractivity contribution in [2.24, 2.45) is 0 Å². The number of alkyl halides is 3. The Morgan fingerprint density at radius 1 is 1.13 bits per heavy atom. The van der Waals surface area contributed by atoms with Crippen LogP contribution < -0.4 is 10.2 Å². The Hall–Kier alpha value is -4.18. The van der Waals surface area contributed by atoms with Crippen LogP contribution in [0.15, 0.2) is 59.8 Å². The summed E-state index contributed by atoms with van der Waals surface area (Å²) in [5.74, 6) is -0.952. The van der Waals surface area contributed by atoms with Crippen LogP contribution in [0.3, 0.4) is 0 Å². The first kappa shape index (κ1) is 27.8. The minimum atomic E-state index is -4.70. The van der Waals surface area contributed by atoms with E-state index in [2.05, 4.69) is 5.32 Å². The maximum atomic E-state index is 13.9. The standard InChI is InChI=1S/C26H23F3N4O5S/c1-2-39(37,38)13-12-31-24(35)33-23(17-8-6-16(15-30)7-9-17)22-20(10-11-21(22)34)32(25(33)36)19-5-3-4-18(14-19)26(27,28)29/h3-9,14,23H,2,10-13H2,1H3,(H,31,35). The molecule has 2 aromatic rings. The summed E-state index contributed by atoms with van der Waals surface area (Å²) in [6.45, 7) is 1.11. The fraction of sp³-hybridized carbons (Fsp3) is 0.308. The van der Waals surface area contributed by atoms with E-state index >= 15 is 0 Å². The highest BCUT2D eigenvalue weighted by atomic mass is 32.2. The molecule has 2 aliphatic rings. The van der Waals surface area contributed by atoms with E-state index in [9.17, 15) is 36.0 Å². The summed E-state index contributed by atoms with van der Waals surface area (Å²) in [5.41, 5.74) is -0.343. The van der Waals surface area contributed by atoms with E-state index in [1.165, 1.54) is 37.3 Å². The zero-order valence-corrected chi connectivity index (χ0v) is 21.5. The third-order valence-corrected chi connectivity index (χ3v) is 8.24. The quantitative estimate of drug-likeness (QED) is 0.561. The van der Waals surface area contributed by atoms with Crippen molar-refractivity contribution in [3.05, 3.63) is 76.5 Å². The summed E-state index contributed by atoms with van der Waals surface area (Å²) in [5, 5.41) is 11.6. The number of sulfone groups is 1. The molecule has 4 amide bonds. The average molecular weight is 561 g/mol. The van der Waals surface area contributed by atoms with E-state index in [0.717, 1.165) is 23.1 Å². The Morgan fingerprint density at radius 3 is 2.44 bits per heavy atom. The van der Waals surface area contributed by atoms with Gasteiger partial charge in [-0.3, -0.25) is 9.69 Å². The molecule has 9 nitrogen and oxygen atoms in total.